The minimum absolute atomic E-state index is 0. The van der Waals surface area contributed by atoms with Crippen LogP contribution >= 0.6 is 12.4 Å². The summed E-state index contributed by atoms with van der Waals surface area (Å²) in [5.41, 5.74) is 1.23. The largest absolute Gasteiger partial charge is 0.334 e. The van der Waals surface area contributed by atoms with Gasteiger partial charge in [0.25, 0.3) is 5.89 Å². The molecule has 0 spiro atoms. The van der Waals surface area contributed by atoms with Crippen molar-refractivity contribution in [1.82, 2.24) is 15.5 Å². The van der Waals surface area contributed by atoms with Gasteiger partial charge in [0.05, 0.1) is 0 Å². The number of hydrogen-bond donors (Lipinski definition) is 1. The molecule has 17 heavy (non-hydrogen) atoms. The molecule has 92 valence electrons. The van der Waals surface area contributed by atoms with E-state index < -0.39 is 0 Å². The lowest BCUT2D eigenvalue weighted by atomic mass is 10.0. The van der Waals surface area contributed by atoms with Crippen LogP contribution in [0.25, 0.3) is 5.57 Å². The molecule has 0 aromatic carbocycles. The number of hydrogen-bond acceptors (Lipinski definition) is 4. The van der Waals surface area contributed by atoms with Crippen LogP contribution in [-0.4, -0.2) is 22.2 Å². The van der Waals surface area contributed by atoms with Crippen molar-refractivity contribution < 1.29 is 4.52 Å². The fraction of sp³-hybridized carbons (Fsp3) is 0.667. The molecule has 2 unspecified atom stereocenters. The van der Waals surface area contributed by atoms with Crippen LogP contribution in [-0.2, 0) is 0 Å². The molecule has 3 aliphatic rings. The topological polar surface area (TPSA) is 51.0 Å². The summed E-state index contributed by atoms with van der Waals surface area (Å²) in [6.45, 7) is 0. The van der Waals surface area contributed by atoms with E-state index in [9.17, 15) is 0 Å². The van der Waals surface area contributed by atoms with Crippen molar-refractivity contribution in [3.05, 3.63) is 17.8 Å². The zero-order chi connectivity index (χ0) is 10.5. The predicted octanol–water partition coefficient (Wildman–Crippen LogP) is 2.28. The molecule has 2 aliphatic heterocycles. The van der Waals surface area contributed by atoms with Gasteiger partial charge in [-0.3, -0.25) is 0 Å². The Hall–Kier alpha value is -0.870. The van der Waals surface area contributed by atoms with Gasteiger partial charge in [0.15, 0.2) is 5.82 Å². The van der Waals surface area contributed by atoms with E-state index in [0.717, 1.165) is 18.1 Å². The summed E-state index contributed by atoms with van der Waals surface area (Å²) in [6.07, 6.45) is 8.31. The van der Waals surface area contributed by atoms with Crippen LogP contribution in [0, 0.1) is 0 Å². The monoisotopic (exact) mass is 253 g/mol. The average molecular weight is 254 g/mol. The summed E-state index contributed by atoms with van der Waals surface area (Å²) in [6, 6.07) is 1.13. The van der Waals surface area contributed by atoms with Gasteiger partial charge < -0.3 is 9.84 Å². The van der Waals surface area contributed by atoms with E-state index in [-0.39, 0.29) is 12.4 Å². The molecule has 1 aliphatic carbocycles. The SMILES string of the molecule is C1=C(c2nc(C3CC3)no2)C2CCC(C1)N2.Cl. The van der Waals surface area contributed by atoms with E-state index in [0.29, 0.717) is 18.0 Å². The second-order valence-corrected chi connectivity index (χ2v) is 5.12. The highest BCUT2D eigenvalue weighted by molar-refractivity contribution is 5.85. The van der Waals surface area contributed by atoms with Crippen LogP contribution in [0.5, 0.6) is 0 Å². The minimum Gasteiger partial charge on any atom is -0.334 e. The second kappa shape index (κ2) is 4.10. The first-order valence-electron chi connectivity index (χ1n) is 6.20. The Morgan fingerprint density at radius 3 is 2.94 bits per heavy atom. The van der Waals surface area contributed by atoms with Crippen LogP contribution in [0.2, 0.25) is 0 Å². The molecular formula is C12H16ClN3O. The van der Waals surface area contributed by atoms with Crippen molar-refractivity contribution in [2.75, 3.05) is 0 Å². The maximum atomic E-state index is 5.39. The summed E-state index contributed by atoms with van der Waals surface area (Å²) in [5.74, 6) is 2.24. The summed E-state index contributed by atoms with van der Waals surface area (Å²) in [5, 5.41) is 7.68. The summed E-state index contributed by atoms with van der Waals surface area (Å²) >= 11 is 0. The lowest BCUT2D eigenvalue weighted by molar-refractivity contribution is 0.395. The van der Waals surface area contributed by atoms with Crippen LogP contribution in [0.4, 0.5) is 0 Å². The van der Waals surface area contributed by atoms with E-state index in [1.807, 2.05) is 0 Å². The number of fused-ring (bicyclic) bond motifs is 2. The van der Waals surface area contributed by atoms with Crippen LogP contribution in [0.15, 0.2) is 10.6 Å². The van der Waals surface area contributed by atoms with E-state index >= 15 is 0 Å². The molecule has 3 heterocycles. The minimum atomic E-state index is 0. The molecule has 2 atom stereocenters. The van der Waals surface area contributed by atoms with Crippen molar-refractivity contribution in [3.63, 3.8) is 0 Å². The fourth-order valence-corrected chi connectivity index (χ4v) is 2.76. The molecule has 0 amide bonds. The van der Waals surface area contributed by atoms with Crippen LogP contribution < -0.4 is 5.32 Å². The Bertz CT molecular complexity index is 452. The van der Waals surface area contributed by atoms with Gasteiger partial charge in [-0.15, -0.1) is 12.4 Å². The fourth-order valence-electron chi connectivity index (χ4n) is 2.76. The highest BCUT2D eigenvalue weighted by atomic mass is 35.5. The molecule has 2 bridgehead atoms. The van der Waals surface area contributed by atoms with Gasteiger partial charge in [-0.25, -0.2) is 0 Å². The van der Waals surface area contributed by atoms with Gasteiger partial charge in [-0.2, -0.15) is 4.98 Å². The second-order valence-electron chi connectivity index (χ2n) is 5.12. The molecule has 5 heteroatoms. The highest BCUT2D eigenvalue weighted by Crippen LogP contribution is 2.39. The van der Waals surface area contributed by atoms with Crippen molar-refractivity contribution in [2.24, 2.45) is 0 Å². The molecule has 4 nitrogen and oxygen atoms in total. The third-order valence-electron chi connectivity index (χ3n) is 3.87. The van der Waals surface area contributed by atoms with Gasteiger partial charge >= 0.3 is 0 Å². The Kier molecular flexibility index (Phi) is 2.71. The normalized spacial score (nSPS) is 30.9. The first-order chi connectivity index (χ1) is 7.90. The molecular weight excluding hydrogens is 238 g/mol. The van der Waals surface area contributed by atoms with Gasteiger partial charge in [0.1, 0.15) is 0 Å². The van der Waals surface area contributed by atoms with E-state index in [4.69, 9.17) is 4.52 Å². The van der Waals surface area contributed by atoms with Gasteiger partial charge in [-0.05, 0) is 32.1 Å². The zero-order valence-electron chi connectivity index (χ0n) is 9.56. The van der Waals surface area contributed by atoms with Crippen molar-refractivity contribution in [2.45, 2.75) is 50.1 Å². The molecule has 4 rings (SSSR count). The first-order valence-corrected chi connectivity index (χ1v) is 6.20. The standard InChI is InChI=1S/C12H15N3O.ClH/c1-2-7(1)11-14-12(16-15-11)9-5-3-8-4-6-10(9)13-8;/h5,7-8,10,13H,1-4,6H2;1H. The molecule has 1 N–H and O–H groups in total. The Labute approximate surface area is 106 Å². The molecule has 1 saturated heterocycles. The molecule has 1 aromatic rings. The van der Waals surface area contributed by atoms with Crippen molar-refractivity contribution >= 4 is 18.0 Å². The number of nitrogens with zero attached hydrogens (tertiary/aromatic N) is 2. The molecule has 1 aromatic heterocycles. The predicted molar refractivity (Wildman–Crippen MR) is 66.1 cm³/mol. The van der Waals surface area contributed by atoms with Gasteiger partial charge in [0.2, 0.25) is 0 Å². The van der Waals surface area contributed by atoms with Gasteiger partial charge in [0, 0.05) is 23.6 Å². The quantitative estimate of drug-likeness (QED) is 0.879. The summed E-state index contributed by atoms with van der Waals surface area (Å²) in [7, 11) is 0. The third-order valence-corrected chi connectivity index (χ3v) is 3.87. The maximum Gasteiger partial charge on any atom is 0.255 e. The average Bonchev–Trinajstić information content (AvgIpc) is 2.94. The number of rotatable bonds is 2. The third kappa shape index (κ3) is 1.89. The summed E-state index contributed by atoms with van der Waals surface area (Å²) < 4.78 is 5.39. The first kappa shape index (κ1) is 11.2. The lowest BCUT2D eigenvalue weighted by Gasteiger charge is -2.19. The van der Waals surface area contributed by atoms with Gasteiger partial charge in [-0.1, -0.05) is 11.2 Å². The maximum absolute atomic E-state index is 5.39. The number of nitrogens with one attached hydrogen (secondary N) is 1. The molecule has 0 radical (unpaired) electrons. The van der Waals surface area contributed by atoms with Crippen molar-refractivity contribution in [1.29, 1.82) is 0 Å². The smallest absolute Gasteiger partial charge is 0.255 e. The van der Waals surface area contributed by atoms with E-state index in [1.54, 1.807) is 0 Å². The number of halogens is 1. The number of aromatic nitrogens is 2. The Balaban J connectivity index is 0.000000902. The van der Waals surface area contributed by atoms with E-state index in [2.05, 4.69) is 21.5 Å². The Morgan fingerprint density at radius 1 is 1.24 bits per heavy atom. The summed E-state index contributed by atoms with van der Waals surface area (Å²) in [4.78, 5) is 4.53. The molecule has 2 fully saturated rings. The van der Waals surface area contributed by atoms with Crippen LogP contribution in [0.3, 0.4) is 0 Å². The van der Waals surface area contributed by atoms with E-state index in [1.165, 1.54) is 31.3 Å². The van der Waals surface area contributed by atoms with Crippen molar-refractivity contribution in [3.8, 4) is 0 Å². The lowest BCUT2D eigenvalue weighted by Crippen LogP contribution is -2.33. The highest BCUT2D eigenvalue weighted by Gasteiger charge is 2.34. The molecule has 1 saturated carbocycles. The Morgan fingerprint density at radius 2 is 2.12 bits per heavy atom. The van der Waals surface area contributed by atoms with Crippen LogP contribution in [0.1, 0.15) is 49.7 Å². The zero-order valence-corrected chi connectivity index (χ0v) is 10.4.